The third kappa shape index (κ3) is 6.09. The second-order valence-electron chi connectivity index (χ2n) is 10.1. The second-order valence-corrected chi connectivity index (χ2v) is 13.6. The van der Waals surface area contributed by atoms with E-state index in [1.54, 1.807) is 19.1 Å². The van der Waals surface area contributed by atoms with Crippen LogP contribution in [0.5, 0.6) is 5.75 Å². The highest BCUT2D eigenvalue weighted by Crippen LogP contribution is 2.37. The van der Waals surface area contributed by atoms with Gasteiger partial charge in [0.05, 0.1) is 22.8 Å². The number of aromatic nitrogens is 3. The molecule has 2 aliphatic rings. The second kappa shape index (κ2) is 10.7. The molecule has 1 spiro atoms. The van der Waals surface area contributed by atoms with E-state index in [1.807, 2.05) is 0 Å². The van der Waals surface area contributed by atoms with E-state index in [-0.39, 0.29) is 29.0 Å². The van der Waals surface area contributed by atoms with Crippen LogP contribution in [-0.2, 0) is 24.8 Å². The Morgan fingerprint density at radius 3 is 2.77 bits per heavy atom. The number of H-pyrrole nitrogens is 1. The maximum Gasteiger partial charge on any atom is 0.244 e. The number of benzene rings is 1. The van der Waals surface area contributed by atoms with Crippen molar-refractivity contribution in [1.82, 2.24) is 24.8 Å². The van der Waals surface area contributed by atoms with Crippen LogP contribution in [0.1, 0.15) is 25.0 Å². The van der Waals surface area contributed by atoms with Crippen molar-refractivity contribution in [2.45, 2.75) is 53.7 Å². The SMILES string of the molecule is Cc1n[nH]c2ncc(S(=O)(=O)N3CCC4(CC3)C[C@@H](NCC(O)COc3cccc(S(N)(=O)=O)c3)CO4)cc12. The molecule has 4 heterocycles. The van der Waals surface area contributed by atoms with Gasteiger partial charge in [0.2, 0.25) is 20.0 Å². The molecule has 5 N–H and O–H groups in total. The minimum atomic E-state index is -3.84. The van der Waals surface area contributed by atoms with Gasteiger partial charge in [-0.15, -0.1) is 0 Å². The fourth-order valence-corrected chi connectivity index (χ4v) is 7.01. The first-order valence-electron chi connectivity index (χ1n) is 12.6. The highest BCUT2D eigenvalue weighted by Gasteiger charge is 2.44. The largest absolute Gasteiger partial charge is 0.491 e. The minimum Gasteiger partial charge on any atom is -0.491 e. The highest BCUT2D eigenvalue weighted by molar-refractivity contribution is 7.89. The van der Waals surface area contributed by atoms with Crippen molar-refractivity contribution >= 4 is 31.1 Å². The number of piperidine rings is 1. The fourth-order valence-electron chi connectivity index (χ4n) is 5.05. The van der Waals surface area contributed by atoms with E-state index in [1.165, 1.54) is 28.7 Å². The molecule has 2 fully saturated rings. The number of aryl methyl sites for hydroxylation is 1. The smallest absolute Gasteiger partial charge is 0.244 e. The predicted molar refractivity (Wildman–Crippen MR) is 141 cm³/mol. The van der Waals surface area contributed by atoms with Crippen LogP contribution < -0.4 is 15.2 Å². The molecule has 2 atom stereocenters. The molecule has 0 bridgehead atoms. The summed E-state index contributed by atoms with van der Waals surface area (Å²) in [4.78, 5) is 4.29. The maximum absolute atomic E-state index is 13.3. The third-order valence-electron chi connectivity index (χ3n) is 7.28. The minimum absolute atomic E-state index is 0.00388. The van der Waals surface area contributed by atoms with Gasteiger partial charge >= 0.3 is 0 Å². The maximum atomic E-state index is 13.3. The Kier molecular flexibility index (Phi) is 7.67. The van der Waals surface area contributed by atoms with Crippen molar-refractivity contribution in [2.75, 3.05) is 32.8 Å². The van der Waals surface area contributed by atoms with E-state index in [2.05, 4.69) is 20.5 Å². The Bertz CT molecular complexity index is 1550. The van der Waals surface area contributed by atoms with Crippen LogP contribution in [0.3, 0.4) is 0 Å². The molecular formula is C24H32N6O7S2. The molecule has 0 amide bonds. The van der Waals surface area contributed by atoms with Crippen molar-refractivity contribution < 1.29 is 31.4 Å². The van der Waals surface area contributed by atoms with Crippen LogP contribution in [0.25, 0.3) is 11.0 Å². The number of ether oxygens (including phenoxy) is 2. The molecule has 15 heteroatoms. The van der Waals surface area contributed by atoms with Crippen LogP contribution >= 0.6 is 0 Å². The Morgan fingerprint density at radius 1 is 1.26 bits per heavy atom. The lowest BCUT2D eigenvalue weighted by atomic mass is 9.88. The van der Waals surface area contributed by atoms with Gasteiger partial charge < -0.3 is 19.9 Å². The highest BCUT2D eigenvalue weighted by atomic mass is 32.2. The molecule has 0 radical (unpaired) electrons. The molecule has 5 rings (SSSR count). The number of nitrogens with zero attached hydrogens (tertiary/aromatic N) is 3. The number of sulfonamides is 2. The summed E-state index contributed by atoms with van der Waals surface area (Å²) in [6, 6.07) is 7.39. The van der Waals surface area contributed by atoms with Gasteiger partial charge in [-0.1, -0.05) is 6.07 Å². The first kappa shape index (κ1) is 27.9. The standard InChI is InChI=1S/C24H32N6O7S2/c1-16-22-10-21(13-27-23(22)29-28-16)39(34,35)30-7-5-24(6-8-30)11-17(14-37-24)26-12-18(31)15-36-19-3-2-4-20(9-19)38(25,32)33/h2-4,9-10,13,17-18,26,31H,5-8,11-12,14-15H2,1H3,(H2,25,32,33)(H,27,28,29)/t17-,18?/m1/s1. The van der Waals surface area contributed by atoms with Crippen molar-refractivity contribution in [1.29, 1.82) is 0 Å². The number of hydrogen-bond acceptors (Lipinski definition) is 10. The molecule has 3 aromatic rings. The summed E-state index contributed by atoms with van der Waals surface area (Å²) in [6.07, 6.45) is 2.36. The summed E-state index contributed by atoms with van der Waals surface area (Å²) in [6.45, 7) is 3.15. The Balaban J connectivity index is 1.10. The number of pyridine rings is 1. The van der Waals surface area contributed by atoms with Crippen LogP contribution in [0.15, 0.2) is 46.3 Å². The molecule has 212 valence electrons. The van der Waals surface area contributed by atoms with E-state index < -0.39 is 31.8 Å². The number of fused-ring (bicyclic) bond motifs is 1. The van der Waals surface area contributed by atoms with Gasteiger partial charge in [0.1, 0.15) is 23.4 Å². The van der Waals surface area contributed by atoms with Crippen LogP contribution in [0, 0.1) is 6.92 Å². The molecule has 39 heavy (non-hydrogen) atoms. The Labute approximate surface area is 226 Å². The molecule has 0 saturated carbocycles. The van der Waals surface area contributed by atoms with Gasteiger partial charge in [0.15, 0.2) is 5.65 Å². The first-order valence-corrected chi connectivity index (χ1v) is 15.6. The summed E-state index contributed by atoms with van der Waals surface area (Å²) in [7, 11) is -7.54. The van der Waals surface area contributed by atoms with Crippen LogP contribution in [0.2, 0.25) is 0 Å². The molecule has 2 aliphatic heterocycles. The monoisotopic (exact) mass is 580 g/mol. The van der Waals surface area contributed by atoms with Crippen LogP contribution in [0.4, 0.5) is 0 Å². The van der Waals surface area contributed by atoms with E-state index in [9.17, 15) is 21.9 Å². The average Bonchev–Trinajstić information content (AvgIpc) is 3.49. The zero-order valence-corrected chi connectivity index (χ0v) is 23.0. The quantitative estimate of drug-likeness (QED) is 0.273. The van der Waals surface area contributed by atoms with Gasteiger partial charge in [0, 0.05) is 43.3 Å². The lowest BCUT2D eigenvalue weighted by Gasteiger charge is -2.38. The zero-order chi connectivity index (χ0) is 27.8. The lowest BCUT2D eigenvalue weighted by molar-refractivity contribution is -0.0312. The summed E-state index contributed by atoms with van der Waals surface area (Å²) in [5.74, 6) is 0.293. The number of aliphatic hydroxyl groups excluding tert-OH is 1. The zero-order valence-electron chi connectivity index (χ0n) is 21.4. The number of aliphatic hydroxyl groups is 1. The molecule has 1 aromatic carbocycles. The normalized spacial score (nSPS) is 20.9. The van der Waals surface area contributed by atoms with E-state index >= 15 is 0 Å². The Morgan fingerprint density at radius 2 is 2.03 bits per heavy atom. The van der Waals surface area contributed by atoms with Crippen molar-refractivity contribution in [3.8, 4) is 5.75 Å². The molecule has 13 nitrogen and oxygen atoms in total. The Hall–Kier alpha value is -2.66. The van der Waals surface area contributed by atoms with Gasteiger partial charge in [-0.25, -0.2) is 27.0 Å². The summed E-state index contributed by atoms with van der Waals surface area (Å²) in [5, 5.41) is 26.3. The molecule has 2 aromatic heterocycles. The number of rotatable bonds is 9. The topological polar surface area (TPSA) is 190 Å². The number of primary sulfonamides is 1. The van der Waals surface area contributed by atoms with Gasteiger partial charge in [-0.3, -0.25) is 5.10 Å². The van der Waals surface area contributed by atoms with Crippen molar-refractivity contribution in [3.05, 3.63) is 42.2 Å². The van der Waals surface area contributed by atoms with Gasteiger partial charge in [-0.2, -0.15) is 9.40 Å². The molecule has 2 saturated heterocycles. The summed E-state index contributed by atoms with van der Waals surface area (Å²) < 4.78 is 62.7. The summed E-state index contributed by atoms with van der Waals surface area (Å²) >= 11 is 0. The van der Waals surface area contributed by atoms with E-state index in [4.69, 9.17) is 14.6 Å². The van der Waals surface area contributed by atoms with Crippen molar-refractivity contribution in [3.63, 3.8) is 0 Å². The molecule has 0 aliphatic carbocycles. The average molecular weight is 581 g/mol. The summed E-state index contributed by atoms with van der Waals surface area (Å²) in [5.41, 5.74) is 0.829. The lowest BCUT2D eigenvalue weighted by Crippen LogP contribution is -2.47. The van der Waals surface area contributed by atoms with Crippen molar-refractivity contribution in [2.24, 2.45) is 5.14 Å². The van der Waals surface area contributed by atoms with Crippen LogP contribution in [-0.4, -0.2) is 92.0 Å². The third-order valence-corrected chi connectivity index (χ3v) is 10.1. The predicted octanol–water partition coefficient (Wildman–Crippen LogP) is 0.255. The fraction of sp³-hybridized carbons (Fsp3) is 0.500. The number of nitrogens with one attached hydrogen (secondary N) is 2. The number of aromatic amines is 1. The van der Waals surface area contributed by atoms with E-state index in [0.717, 1.165) is 0 Å². The molecule has 1 unspecified atom stereocenters. The van der Waals surface area contributed by atoms with Gasteiger partial charge in [0.25, 0.3) is 0 Å². The van der Waals surface area contributed by atoms with Gasteiger partial charge in [-0.05, 0) is 44.4 Å². The van der Waals surface area contributed by atoms with E-state index in [0.29, 0.717) is 61.4 Å². The molecular weight excluding hydrogens is 548 g/mol. The number of nitrogens with two attached hydrogens (primary N) is 1. The first-order chi connectivity index (χ1) is 18.5. The number of hydrogen-bond donors (Lipinski definition) is 4.